The highest BCUT2D eigenvalue weighted by atomic mass is 32.1. The first-order chi connectivity index (χ1) is 14.4. The number of nitrogens with zero attached hydrogens (tertiary/aromatic N) is 3. The molecule has 11 heteroatoms. The van der Waals surface area contributed by atoms with Crippen LogP contribution < -0.4 is 10.1 Å². The predicted octanol–water partition coefficient (Wildman–Crippen LogP) is 2.84. The summed E-state index contributed by atoms with van der Waals surface area (Å²) in [7, 11) is 1.55. The van der Waals surface area contributed by atoms with Crippen LogP contribution in [0.4, 0.5) is 10.8 Å². The van der Waals surface area contributed by atoms with Crippen molar-refractivity contribution >= 4 is 50.1 Å². The van der Waals surface area contributed by atoms with Crippen molar-refractivity contribution in [1.82, 2.24) is 9.88 Å². The summed E-state index contributed by atoms with van der Waals surface area (Å²) < 4.78 is 5.99. The van der Waals surface area contributed by atoms with Crippen LogP contribution in [0.1, 0.15) is 27.1 Å². The second-order valence-corrected chi connectivity index (χ2v) is 7.40. The number of hydrogen-bond donors (Lipinski definition) is 1. The van der Waals surface area contributed by atoms with Crippen LogP contribution in [-0.2, 0) is 4.79 Å². The van der Waals surface area contributed by atoms with Gasteiger partial charge in [-0.2, -0.15) is 0 Å². The molecule has 2 aromatic carbocycles. The van der Waals surface area contributed by atoms with Gasteiger partial charge in [0.1, 0.15) is 11.3 Å². The van der Waals surface area contributed by atoms with E-state index >= 15 is 0 Å². The molecule has 0 unspecified atom stereocenters. The Balaban J connectivity index is 1.44. The van der Waals surface area contributed by atoms with Crippen molar-refractivity contribution in [1.29, 1.82) is 0 Å². The van der Waals surface area contributed by atoms with Gasteiger partial charge < -0.3 is 10.1 Å². The molecule has 1 N–H and O–H groups in total. The van der Waals surface area contributed by atoms with Crippen molar-refractivity contribution in [2.24, 2.45) is 0 Å². The van der Waals surface area contributed by atoms with E-state index in [2.05, 4.69) is 10.3 Å². The highest BCUT2D eigenvalue weighted by Gasteiger charge is 2.40. The largest absolute Gasteiger partial charge is 0.497 e. The third-order valence-corrected chi connectivity index (χ3v) is 5.51. The van der Waals surface area contributed by atoms with Gasteiger partial charge in [0.05, 0.1) is 27.8 Å². The van der Waals surface area contributed by atoms with E-state index in [9.17, 15) is 24.5 Å². The lowest BCUT2D eigenvalue weighted by atomic mass is 10.1. The second kappa shape index (κ2) is 7.52. The molecule has 0 spiro atoms. The first-order valence-corrected chi connectivity index (χ1v) is 9.58. The molecule has 1 aliphatic heterocycles. The summed E-state index contributed by atoms with van der Waals surface area (Å²) in [6.45, 7) is -0.200. The molecular formula is C19H14N4O6S. The number of anilines is 1. The van der Waals surface area contributed by atoms with Crippen molar-refractivity contribution in [2.45, 2.75) is 6.42 Å². The number of methoxy groups -OCH3 is 1. The maximum atomic E-state index is 12.5. The van der Waals surface area contributed by atoms with Gasteiger partial charge in [-0.3, -0.25) is 29.4 Å². The van der Waals surface area contributed by atoms with Crippen molar-refractivity contribution in [3.63, 3.8) is 0 Å². The molecule has 10 nitrogen and oxygen atoms in total. The SMILES string of the molecule is COc1ccc2nc(NC(=O)CCN3C(=O)c4cccc([N+](=O)[O-])c4C3=O)sc2c1. The van der Waals surface area contributed by atoms with Gasteiger partial charge in [-0.25, -0.2) is 4.98 Å². The monoisotopic (exact) mass is 426 g/mol. The highest BCUT2D eigenvalue weighted by Crippen LogP contribution is 2.31. The minimum Gasteiger partial charge on any atom is -0.497 e. The van der Waals surface area contributed by atoms with Crippen LogP contribution in [0.2, 0.25) is 0 Å². The minimum absolute atomic E-state index is 0.0327. The Kier molecular flexibility index (Phi) is 4.88. The molecule has 2 heterocycles. The first kappa shape index (κ1) is 19.5. The Morgan fingerprint density at radius 1 is 1.27 bits per heavy atom. The molecule has 3 amide bonds. The molecule has 0 aliphatic carbocycles. The summed E-state index contributed by atoms with van der Waals surface area (Å²) in [6, 6.07) is 9.20. The molecule has 30 heavy (non-hydrogen) atoms. The number of nitro benzene ring substituents is 1. The summed E-state index contributed by atoms with van der Waals surface area (Å²) in [5.41, 5.74) is -0.00535. The Morgan fingerprint density at radius 2 is 2.07 bits per heavy atom. The van der Waals surface area contributed by atoms with Crippen molar-refractivity contribution < 1.29 is 24.0 Å². The highest BCUT2D eigenvalue weighted by molar-refractivity contribution is 7.22. The van der Waals surface area contributed by atoms with E-state index < -0.39 is 28.3 Å². The number of thiazole rings is 1. The normalized spacial score (nSPS) is 12.9. The smallest absolute Gasteiger partial charge is 0.282 e. The Morgan fingerprint density at radius 3 is 2.80 bits per heavy atom. The van der Waals surface area contributed by atoms with Gasteiger partial charge >= 0.3 is 0 Å². The van der Waals surface area contributed by atoms with E-state index in [1.54, 1.807) is 25.3 Å². The molecular weight excluding hydrogens is 412 g/mol. The number of rotatable bonds is 6. The first-order valence-electron chi connectivity index (χ1n) is 8.77. The molecule has 3 aromatic rings. The number of imide groups is 1. The van der Waals surface area contributed by atoms with Gasteiger partial charge in [-0.1, -0.05) is 17.4 Å². The fourth-order valence-electron chi connectivity index (χ4n) is 3.15. The average Bonchev–Trinajstić information content (AvgIpc) is 3.23. The number of aromatic nitrogens is 1. The number of benzene rings is 2. The fourth-order valence-corrected chi connectivity index (χ4v) is 4.06. The van der Waals surface area contributed by atoms with Crippen LogP contribution >= 0.6 is 11.3 Å². The molecule has 0 saturated heterocycles. The van der Waals surface area contributed by atoms with Crippen molar-refractivity contribution in [3.05, 3.63) is 57.6 Å². The van der Waals surface area contributed by atoms with Gasteiger partial charge in [-0.05, 0) is 24.3 Å². The minimum atomic E-state index is -0.776. The van der Waals surface area contributed by atoms with E-state index in [1.165, 1.54) is 29.5 Å². The standard InChI is InChI=1S/C19H14N4O6S/c1-29-10-5-6-12-14(9-10)30-19(20-12)21-15(24)7-8-22-17(25)11-3-2-4-13(23(27)28)16(11)18(22)26/h2-6,9H,7-8H2,1H3,(H,20,21,24). The zero-order valence-electron chi connectivity index (χ0n) is 15.6. The summed E-state index contributed by atoms with van der Waals surface area (Å²) >= 11 is 1.26. The van der Waals surface area contributed by atoms with Crippen molar-refractivity contribution in [2.75, 3.05) is 19.0 Å². The second-order valence-electron chi connectivity index (χ2n) is 6.37. The number of carbonyl (C=O) groups is 3. The average molecular weight is 426 g/mol. The molecule has 4 rings (SSSR count). The van der Waals surface area contributed by atoms with Crippen LogP contribution in [0.25, 0.3) is 10.2 Å². The summed E-state index contributed by atoms with van der Waals surface area (Å²) in [5, 5.41) is 14.2. The molecule has 0 saturated carbocycles. The van der Waals surface area contributed by atoms with E-state index in [4.69, 9.17) is 4.74 Å². The van der Waals surface area contributed by atoms with Crippen molar-refractivity contribution in [3.8, 4) is 5.75 Å². The number of hydrogen-bond acceptors (Lipinski definition) is 8. The third kappa shape index (κ3) is 3.35. The van der Waals surface area contributed by atoms with Crippen LogP contribution in [0.3, 0.4) is 0 Å². The topological polar surface area (TPSA) is 132 Å². The van der Waals surface area contributed by atoms with E-state index in [0.717, 1.165) is 9.60 Å². The Bertz CT molecular complexity index is 1220. The number of nitro groups is 1. The molecule has 152 valence electrons. The van der Waals surface area contributed by atoms with Gasteiger partial charge in [-0.15, -0.1) is 0 Å². The zero-order valence-corrected chi connectivity index (χ0v) is 16.4. The molecule has 0 radical (unpaired) electrons. The third-order valence-electron chi connectivity index (χ3n) is 4.58. The number of nitrogens with one attached hydrogen (secondary N) is 1. The van der Waals surface area contributed by atoms with E-state index in [0.29, 0.717) is 16.4 Å². The predicted molar refractivity (Wildman–Crippen MR) is 108 cm³/mol. The van der Waals surface area contributed by atoms with Gasteiger partial charge in [0, 0.05) is 19.0 Å². The summed E-state index contributed by atoms with van der Waals surface area (Å²) in [5.74, 6) is -1.20. The van der Waals surface area contributed by atoms with E-state index in [-0.39, 0.29) is 24.1 Å². The molecule has 1 aliphatic rings. The lowest BCUT2D eigenvalue weighted by Gasteiger charge is -2.12. The lowest BCUT2D eigenvalue weighted by molar-refractivity contribution is -0.385. The lowest BCUT2D eigenvalue weighted by Crippen LogP contribution is -2.33. The van der Waals surface area contributed by atoms with Gasteiger partial charge in [0.15, 0.2) is 5.13 Å². The Labute approximate surface area is 173 Å². The number of amides is 3. The maximum absolute atomic E-state index is 12.5. The fraction of sp³-hybridized carbons (Fsp3) is 0.158. The number of fused-ring (bicyclic) bond motifs is 2. The number of ether oxygens (including phenoxy) is 1. The Hall–Kier alpha value is -3.86. The summed E-state index contributed by atoms with van der Waals surface area (Å²) in [4.78, 5) is 52.9. The summed E-state index contributed by atoms with van der Waals surface area (Å²) in [6.07, 6.45) is -0.168. The molecule has 0 bridgehead atoms. The molecule has 0 fully saturated rings. The number of carbonyl (C=O) groups excluding carboxylic acids is 3. The van der Waals surface area contributed by atoms with Gasteiger partial charge in [0.2, 0.25) is 5.91 Å². The van der Waals surface area contributed by atoms with Crippen LogP contribution in [-0.4, -0.2) is 46.2 Å². The molecule has 0 atom stereocenters. The van der Waals surface area contributed by atoms with Gasteiger partial charge in [0.25, 0.3) is 17.5 Å². The molecule has 1 aromatic heterocycles. The van der Waals surface area contributed by atoms with Crippen LogP contribution in [0.5, 0.6) is 5.75 Å². The quantitative estimate of drug-likeness (QED) is 0.364. The van der Waals surface area contributed by atoms with Crippen LogP contribution in [0, 0.1) is 10.1 Å². The van der Waals surface area contributed by atoms with E-state index in [1.807, 2.05) is 0 Å². The van der Waals surface area contributed by atoms with Crippen LogP contribution in [0.15, 0.2) is 36.4 Å². The maximum Gasteiger partial charge on any atom is 0.282 e. The zero-order chi connectivity index (χ0) is 21.4.